The molecule has 1 aliphatic rings. The number of carbonyl (C=O) groups is 1. The number of nitrogens with zero attached hydrogens (tertiary/aromatic N) is 1. The van der Waals surface area contributed by atoms with Gasteiger partial charge in [-0.3, -0.25) is 4.79 Å². The highest BCUT2D eigenvalue weighted by Crippen LogP contribution is 2.16. The van der Waals surface area contributed by atoms with Gasteiger partial charge in [0.2, 0.25) is 5.91 Å². The van der Waals surface area contributed by atoms with Gasteiger partial charge in [0.15, 0.2) is 0 Å². The van der Waals surface area contributed by atoms with Crippen molar-refractivity contribution in [2.24, 2.45) is 11.8 Å². The Kier molecular flexibility index (Phi) is 2.53. The summed E-state index contributed by atoms with van der Waals surface area (Å²) in [5.74, 6) is 1.19. The van der Waals surface area contributed by atoms with Crippen LogP contribution in [-0.4, -0.2) is 23.9 Å². The quantitative estimate of drug-likeness (QED) is 0.562. The van der Waals surface area contributed by atoms with Crippen LogP contribution >= 0.6 is 0 Å². The molecule has 1 saturated heterocycles. The third-order valence-corrected chi connectivity index (χ3v) is 2.23. The summed E-state index contributed by atoms with van der Waals surface area (Å²) in [6.45, 7) is 8.07. The molecule has 1 aliphatic heterocycles. The van der Waals surface area contributed by atoms with Crippen LogP contribution in [0.25, 0.3) is 0 Å². The summed E-state index contributed by atoms with van der Waals surface area (Å²) in [7, 11) is 0. The summed E-state index contributed by atoms with van der Waals surface area (Å²) in [5, 5.41) is 0. The molecule has 1 amide bonds. The molecule has 0 radical (unpaired) electrons. The van der Waals surface area contributed by atoms with Gasteiger partial charge in [-0.15, -0.1) is 0 Å². The first-order valence-corrected chi connectivity index (χ1v) is 4.40. The van der Waals surface area contributed by atoms with Crippen LogP contribution in [-0.2, 0) is 4.79 Å². The van der Waals surface area contributed by atoms with Crippen molar-refractivity contribution in [1.29, 1.82) is 0 Å². The Balaban J connectivity index is 2.43. The van der Waals surface area contributed by atoms with Crippen molar-refractivity contribution in [3.05, 3.63) is 0 Å². The second-order valence-corrected chi connectivity index (χ2v) is 3.83. The Bertz CT molecular complexity index is 154. The maximum absolute atomic E-state index is 11.4. The van der Waals surface area contributed by atoms with E-state index < -0.39 is 0 Å². The zero-order valence-electron chi connectivity index (χ0n) is 7.63. The van der Waals surface area contributed by atoms with Crippen molar-refractivity contribution in [2.45, 2.75) is 27.2 Å². The van der Waals surface area contributed by atoms with E-state index in [-0.39, 0.29) is 5.92 Å². The first-order chi connectivity index (χ1) is 5.11. The number of hydrogen-bond acceptors (Lipinski definition) is 1. The lowest BCUT2D eigenvalue weighted by atomic mass is 10.2. The van der Waals surface area contributed by atoms with E-state index in [2.05, 4.69) is 6.92 Å². The molecule has 0 aromatic heterocycles. The molecule has 0 aliphatic carbocycles. The molecule has 0 spiro atoms. The molecule has 1 unspecified atom stereocenters. The molecule has 0 N–H and O–H groups in total. The molecular formula is C9H17NO. The Hall–Kier alpha value is -0.530. The monoisotopic (exact) mass is 155 g/mol. The first-order valence-electron chi connectivity index (χ1n) is 4.40. The standard InChI is InChI=1S/C9H17NO/c1-7(2)9(11)10-5-4-8(3)6-10/h7-8H,4-6H2,1-3H3. The van der Waals surface area contributed by atoms with Crippen molar-refractivity contribution in [2.75, 3.05) is 13.1 Å². The average Bonchev–Trinajstić information content (AvgIpc) is 2.34. The van der Waals surface area contributed by atoms with Crippen molar-refractivity contribution in [1.82, 2.24) is 4.90 Å². The second kappa shape index (κ2) is 3.24. The van der Waals surface area contributed by atoms with Crippen molar-refractivity contribution in [3.8, 4) is 0 Å². The Morgan fingerprint density at radius 1 is 1.55 bits per heavy atom. The van der Waals surface area contributed by atoms with E-state index in [1.165, 1.54) is 6.42 Å². The lowest BCUT2D eigenvalue weighted by molar-refractivity contribution is -0.133. The van der Waals surface area contributed by atoms with E-state index in [1.54, 1.807) is 0 Å². The largest absolute Gasteiger partial charge is 0.342 e. The maximum atomic E-state index is 11.4. The molecule has 2 heteroatoms. The lowest BCUT2D eigenvalue weighted by Gasteiger charge is -2.17. The van der Waals surface area contributed by atoms with E-state index >= 15 is 0 Å². The topological polar surface area (TPSA) is 20.3 Å². The van der Waals surface area contributed by atoms with Crippen LogP contribution in [0.4, 0.5) is 0 Å². The molecule has 2 nitrogen and oxygen atoms in total. The van der Waals surface area contributed by atoms with Crippen LogP contribution in [0.15, 0.2) is 0 Å². The van der Waals surface area contributed by atoms with Crippen LogP contribution in [0.5, 0.6) is 0 Å². The number of likely N-dealkylation sites (tertiary alicyclic amines) is 1. The fraction of sp³-hybridized carbons (Fsp3) is 0.889. The SMILES string of the molecule is CC1CCN(C(=O)C(C)C)C1. The summed E-state index contributed by atoms with van der Waals surface area (Å²) in [6.07, 6.45) is 1.18. The minimum absolute atomic E-state index is 0.167. The minimum atomic E-state index is 0.167. The van der Waals surface area contributed by atoms with Crippen LogP contribution < -0.4 is 0 Å². The number of amides is 1. The van der Waals surface area contributed by atoms with Gasteiger partial charge in [-0.25, -0.2) is 0 Å². The van der Waals surface area contributed by atoms with Gasteiger partial charge in [0.25, 0.3) is 0 Å². The van der Waals surface area contributed by atoms with E-state index in [9.17, 15) is 4.79 Å². The molecule has 1 rings (SSSR count). The predicted molar refractivity (Wildman–Crippen MR) is 45.2 cm³/mol. The summed E-state index contributed by atoms with van der Waals surface area (Å²) in [6, 6.07) is 0. The van der Waals surface area contributed by atoms with Gasteiger partial charge < -0.3 is 4.90 Å². The highest BCUT2D eigenvalue weighted by molar-refractivity contribution is 5.78. The molecular weight excluding hydrogens is 138 g/mol. The Labute approximate surface area is 68.6 Å². The second-order valence-electron chi connectivity index (χ2n) is 3.83. The predicted octanol–water partition coefficient (Wildman–Crippen LogP) is 1.51. The summed E-state index contributed by atoms with van der Waals surface area (Å²) in [5.41, 5.74) is 0. The Morgan fingerprint density at radius 3 is 2.55 bits per heavy atom. The van der Waals surface area contributed by atoms with Crippen LogP contribution in [0.1, 0.15) is 27.2 Å². The lowest BCUT2D eigenvalue weighted by Crippen LogP contribution is -2.31. The summed E-state index contributed by atoms with van der Waals surface area (Å²) < 4.78 is 0. The fourth-order valence-electron chi connectivity index (χ4n) is 1.50. The summed E-state index contributed by atoms with van der Waals surface area (Å²) in [4.78, 5) is 13.4. The van der Waals surface area contributed by atoms with Crippen molar-refractivity contribution >= 4 is 5.91 Å². The number of hydrogen-bond donors (Lipinski definition) is 0. The highest BCUT2D eigenvalue weighted by Gasteiger charge is 2.24. The van der Waals surface area contributed by atoms with Crippen molar-refractivity contribution in [3.63, 3.8) is 0 Å². The van der Waals surface area contributed by atoms with Gasteiger partial charge in [0, 0.05) is 19.0 Å². The molecule has 0 saturated carbocycles. The molecule has 1 atom stereocenters. The zero-order chi connectivity index (χ0) is 8.43. The molecule has 1 heterocycles. The maximum Gasteiger partial charge on any atom is 0.225 e. The van der Waals surface area contributed by atoms with Crippen LogP contribution in [0.3, 0.4) is 0 Å². The minimum Gasteiger partial charge on any atom is -0.342 e. The van der Waals surface area contributed by atoms with Gasteiger partial charge in [0.1, 0.15) is 0 Å². The van der Waals surface area contributed by atoms with E-state index in [4.69, 9.17) is 0 Å². The van der Waals surface area contributed by atoms with E-state index in [1.807, 2.05) is 18.7 Å². The Morgan fingerprint density at radius 2 is 2.18 bits per heavy atom. The van der Waals surface area contributed by atoms with Gasteiger partial charge in [0.05, 0.1) is 0 Å². The van der Waals surface area contributed by atoms with Crippen LogP contribution in [0, 0.1) is 11.8 Å². The van der Waals surface area contributed by atoms with E-state index in [0.717, 1.165) is 13.1 Å². The van der Waals surface area contributed by atoms with Gasteiger partial charge in [-0.2, -0.15) is 0 Å². The van der Waals surface area contributed by atoms with Crippen molar-refractivity contribution < 1.29 is 4.79 Å². The van der Waals surface area contributed by atoms with Gasteiger partial charge in [-0.1, -0.05) is 20.8 Å². The highest BCUT2D eigenvalue weighted by atomic mass is 16.2. The normalized spacial score (nSPS) is 24.7. The third-order valence-electron chi connectivity index (χ3n) is 2.23. The fourth-order valence-corrected chi connectivity index (χ4v) is 1.50. The first kappa shape index (κ1) is 8.57. The number of rotatable bonds is 1. The molecule has 0 aromatic rings. The van der Waals surface area contributed by atoms with Gasteiger partial charge in [-0.05, 0) is 12.3 Å². The molecule has 0 bridgehead atoms. The smallest absolute Gasteiger partial charge is 0.225 e. The third kappa shape index (κ3) is 1.95. The molecule has 0 aromatic carbocycles. The van der Waals surface area contributed by atoms with Crippen LogP contribution in [0.2, 0.25) is 0 Å². The van der Waals surface area contributed by atoms with E-state index in [0.29, 0.717) is 11.8 Å². The average molecular weight is 155 g/mol. The molecule has 11 heavy (non-hydrogen) atoms. The molecule has 1 fully saturated rings. The van der Waals surface area contributed by atoms with Gasteiger partial charge >= 0.3 is 0 Å². The number of carbonyl (C=O) groups excluding carboxylic acids is 1. The summed E-state index contributed by atoms with van der Waals surface area (Å²) >= 11 is 0. The zero-order valence-corrected chi connectivity index (χ0v) is 7.63. The molecule has 64 valence electrons.